The third kappa shape index (κ3) is 1.33. The van der Waals surface area contributed by atoms with Crippen LogP contribution in [0.15, 0.2) is 16.5 Å². The molecule has 0 atom stereocenters. The second-order valence-electron chi connectivity index (χ2n) is 4.21. The van der Waals surface area contributed by atoms with Gasteiger partial charge in [-0.2, -0.15) is 0 Å². The maximum atomic E-state index is 5.62. The lowest BCUT2D eigenvalue weighted by Gasteiger charge is -2.16. The molecule has 0 saturated carbocycles. The minimum absolute atomic E-state index is 0.860. The van der Waals surface area contributed by atoms with Crippen LogP contribution < -0.4 is 5.32 Å². The van der Waals surface area contributed by atoms with E-state index in [1.54, 1.807) is 0 Å². The highest BCUT2D eigenvalue weighted by atomic mass is 16.3. The highest BCUT2D eigenvalue weighted by Crippen LogP contribution is 2.28. The van der Waals surface area contributed by atoms with Crippen molar-refractivity contribution in [2.24, 2.45) is 0 Å². The van der Waals surface area contributed by atoms with E-state index in [2.05, 4.69) is 21.8 Å². The summed E-state index contributed by atoms with van der Waals surface area (Å²) >= 11 is 0. The van der Waals surface area contributed by atoms with Crippen molar-refractivity contribution in [3.05, 3.63) is 23.6 Å². The highest BCUT2D eigenvalue weighted by molar-refractivity contribution is 5.59. The van der Waals surface area contributed by atoms with E-state index in [9.17, 15) is 0 Å². The second kappa shape index (κ2) is 3.40. The van der Waals surface area contributed by atoms with Crippen LogP contribution in [0, 0.1) is 13.8 Å². The predicted octanol–water partition coefficient (Wildman–Crippen LogP) is 2.58. The van der Waals surface area contributed by atoms with Crippen molar-refractivity contribution in [2.45, 2.75) is 26.8 Å². The average molecular weight is 217 g/mol. The summed E-state index contributed by atoms with van der Waals surface area (Å²) < 4.78 is 7.84. The monoisotopic (exact) mass is 217 g/mol. The third-order valence-corrected chi connectivity index (χ3v) is 3.04. The fraction of sp³-hybridized carbons (Fsp3) is 0.417. The molecule has 0 amide bonds. The standard InChI is InChI=1S/C12H15N3O/c1-8-4-5-10(16-8)11-9(2)15-7-3-6-13-12(15)14-11/h4-5H,3,6-7H2,1-2H3,(H,13,14). The Morgan fingerprint density at radius 1 is 1.38 bits per heavy atom. The van der Waals surface area contributed by atoms with Gasteiger partial charge in [-0.1, -0.05) is 0 Å². The molecule has 3 rings (SSSR count). The number of hydrogen-bond acceptors (Lipinski definition) is 3. The number of anilines is 1. The average Bonchev–Trinajstić information content (AvgIpc) is 2.84. The normalized spacial score (nSPS) is 14.6. The van der Waals surface area contributed by atoms with E-state index in [0.29, 0.717) is 0 Å². The van der Waals surface area contributed by atoms with Gasteiger partial charge in [0.15, 0.2) is 5.76 Å². The van der Waals surface area contributed by atoms with Crippen LogP contribution in [0.1, 0.15) is 17.9 Å². The van der Waals surface area contributed by atoms with Gasteiger partial charge in [0.25, 0.3) is 0 Å². The Kier molecular flexibility index (Phi) is 2.02. The minimum atomic E-state index is 0.860. The summed E-state index contributed by atoms with van der Waals surface area (Å²) in [5.41, 5.74) is 2.13. The first kappa shape index (κ1) is 9.51. The summed E-state index contributed by atoms with van der Waals surface area (Å²) in [7, 11) is 0. The van der Waals surface area contributed by atoms with Crippen molar-refractivity contribution in [1.29, 1.82) is 0 Å². The Balaban J connectivity index is 2.11. The molecular weight excluding hydrogens is 202 g/mol. The zero-order valence-electron chi connectivity index (χ0n) is 9.58. The molecule has 2 aromatic rings. The van der Waals surface area contributed by atoms with Crippen LogP contribution in [0.25, 0.3) is 11.5 Å². The smallest absolute Gasteiger partial charge is 0.203 e. The lowest BCUT2D eigenvalue weighted by molar-refractivity contribution is 0.546. The summed E-state index contributed by atoms with van der Waals surface area (Å²) in [4.78, 5) is 4.59. The number of aromatic nitrogens is 2. The maximum Gasteiger partial charge on any atom is 0.203 e. The molecule has 1 N–H and O–H groups in total. The number of rotatable bonds is 1. The van der Waals surface area contributed by atoms with Gasteiger partial charge in [0.05, 0.1) is 0 Å². The first-order valence-corrected chi connectivity index (χ1v) is 5.63. The number of imidazole rings is 1. The van der Waals surface area contributed by atoms with Gasteiger partial charge in [-0.25, -0.2) is 4.98 Å². The molecule has 0 spiro atoms. The van der Waals surface area contributed by atoms with Crippen LogP contribution in [0.2, 0.25) is 0 Å². The molecule has 0 fully saturated rings. The number of aryl methyl sites for hydroxylation is 1. The summed E-state index contributed by atoms with van der Waals surface area (Å²) in [6, 6.07) is 3.96. The van der Waals surface area contributed by atoms with Crippen LogP contribution in [0.5, 0.6) is 0 Å². The molecule has 0 saturated heterocycles. The van der Waals surface area contributed by atoms with Gasteiger partial charge in [-0.05, 0) is 32.4 Å². The number of nitrogens with zero attached hydrogens (tertiary/aromatic N) is 2. The molecule has 3 heterocycles. The quantitative estimate of drug-likeness (QED) is 0.798. The van der Waals surface area contributed by atoms with E-state index < -0.39 is 0 Å². The molecule has 0 aromatic carbocycles. The van der Waals surface area contributed by atoms with Crippen molar-refractivity contribution in [1.82, 2.24) is 9.55 Å². The molecular formula is C12H15N3O. The van der Waals surface area contributed by atoms with Crippen LogP contribution in [-0.2, 0) is 6.54 Å². The summed E-state index contributed by atoms with van der Waals surface area (Å²) in [6.45, 7) is 6.09. The maximum absolute atomic E-state index is 5.62. The largest absolute Gasteiger partial charge is 0.460 e. The molecule has 16 heavy (non-hydrogen) atoms. The third-order valence-electron chi connectivity index (χ3n) is 3.04. The number of furan rings is 1. The van der Waals surface area contributed by atoms with Crippen molar-refractivity contribution >= 4 is 5.95 Å². The van der Waals surface area contributed by atoms with Gasteiger partial charge in [0.1, 0.15) is 11.5 Å². The van der Waals surface area contributed by atoms with Crippen LogP contribution in [0.3, 0.4) is 0 Å². The van der Waals surface area contributed by atoms with E-state index in [-0.39, 0.29) is 0 Å². The van der Waals surface area contributed by atoms with E-state index in [1.807, 2.05) is 19.1 Å². The number of fused-ring (bicyclic) bond motifs is 1. The fourth-order valence-corrected chi connectivity index (χ4v) is 2.17. The van der Waals surface area contributed by atoms with Gasteiger partial charge in [0.2, 0.25) is 5.95 Å². The Hall–Kier alpha value is -1.71. The molecule has 0 aliphatic carbocycles. The molecule has 0 bridgehead atoms. The Labute approximate surface area is 94.3 Å². The summed E-state index contributed by atoms with van der Waals surface area (Å²) in [5.74, 6) is 2.75. The van der Waals surface area contributed by atoms with Gasteiger partial charge >= 0.3 is 0 Å². The van der Waals surface area contributed by atoms with Crippen LogP contribution >= 0.6 is 0 Å². The van der Waals surface area contributed by atoms with Gasteiger partial charge in [-0.15, -0.1) is 0 Å². The summed E-state index contributed by atoms with van der Waals surface area (Å²) in [5, 5.41) is 3.31. The van der Waals surface area contributed by atoms with E-state index >= 15 is 0 Å². The number of hydrogen-bond donors (Lipinski definition) is 1. The van der Waals surface area contributed by atoms with Gasteiger partial charge in [-0.3, -0.25) is 0 Å². The zero-order valence-corrected chi connectivity index (χ0v) is 9.58. The number of nitrogens with one attached hydrogen (secondary N) is 1. The molecule has 1 aliphatic heterocycles. The molecule has 2 aromatic heterocycles. The predicted molar refractivity (Wildman–Crippen MR) is 62.5 cm³/mol. The lowest BCUT2D eigenvalue weighted by Crippen LogP contribution is -2.17. The summed E-state index contributed by atoms with van der Waals surface area (Å²) in [6.07, 6.45) is 1.15. The van der Waals surface area contributed by atoms with Crippen molar-refractivity contribution < 1.29 is 4.42 Å². The minimum Gasteiger partial charge on any atom is -0.460 e. The molecule has 4 heteroatoms. The first-order chi connectivity index (χ1) is 7.75. The zero-order chi connectivity index (χ0) is 11.1. The van der Waals surface area contributed by atoms with Crippen LogP contribution in [-0.4, -0.2) is 16.1 Å². The highest BCUT2D eigenvalue weighted by Gasteiger charge is 2.19. The molecule has 0 radical (unpaired) electrons. The second-order valence-corrected chi connectivity index (χ2v) is 4.21. The SMILES string of the molecule is Cc1ccc(-c2nc3n(c2C)CCCN3)o1. The molecule has 1 aliphatic rings. The van der Waals surface area contributed by atoms with Gasteiger partial charge in [0, 0.05) is 18.8 Å². The topological polar surface area (TPSA) is 43.0 Å². The van der Waals surface area contributed by atoms with Crippen molar-refractivity contribution in [3.8, 4) is 11.5 Å². The molecule has 4 nitrogen and oxygen atoms in total. The Morgan fingerprint density at radius 3 is 2.94 bits per heavy atom. The molecule has 0 unspecified atom stereocenters. The Morgan fingerprint density at radius 2 is 2.25 bits per heavy atom. The van der Waals surface area contributed by atoms with E-state index in [0.717, 1.165) is 42.7 Å². The first-order valence-electron chi connectivity index (χ1n) is 5.63. The van der Waals surface area contributed by atoms with Crippen LogP contribution in [0.4, 0.5) is 5.95 Å². The van der Waals surface area contributed by atoms with Crippen molar-refractivity contribution in [2.75, 3.05) is 11.9 Å². The van der Waals surface area contributed by atoms with E-state index in [1.165, 1.54) is 5.69 Å². The lowest BCUT2D eigenvalue weighted by atomic mass is 10.2. The Bertz CT molecular complexity index is 524. The van der Waals surface area contributed by atoms with E-state index in [4.69, 9.17) is 4.42 Å². The molecule has 84 valence electrons. The van der Waals surface area contributed by atoms with Crippen molar-refractivity contribution in [3.63, 3.8) is 0 Å². The van der Waals surface area contributed by atoms with Gasteiger partial charge < -0.3 is 14.3 Å². The fourth-order valence-electron chi connectivity index (χ4n) is 2.17.